The third-order valence-corrected chi connectivity index (χ3v) is 8.43. The Bertz CT molecular complexity index is 1070. The van der Waals surface area contributed by atoms with Crippen LogP contribution in [0.2, 0.25) is 0 Å². The summed E-state index contributed by atoms with van der Waals surface area (Å²) < 4.78 is 2.24. The summed E-state index contributed by atoms with van der Waals surface area (Å²) in [5.41, 5.74) is 7.23. The molecule has 2 aliphatic rings. The number of aromatic nitrogens is 4. The molecule has 0 aromatic carbocycles. The minimum absolute atomic E-state index is 0.0854. The number of carbonyl (C=O) groups is 1. The standard InChI is InChI=1S/C22H28N6OS2/c23-18-16-11-6-12-24-21(16)31-19(18)20-26-27-22(28(20)15-9-2-1-3-10-15)30-13-17(29)25-14-7-4-5-8-14/h6,11-12,14-15H,1-5,7-10,13,23H2,(H,25,29). The number of nitrogens with two attached hydrogens (primary N) is 1. The van der Waals surface area contributed by atoms with E-state index in [0.717, 1.165) is 51.8 Å². The molecular weight excluding hydrogens is 428 g/mol. The number of nitrogens with one attached hydrogen (secondary N) is 1. The third kappa shape index (κ3) is 4.30. The monoisotopic (exact) mass is 456 g/mol. The highest BCUT2D eigenvalue weighted by molar-refractivity contribution is 7.99. The first-order valence-electron chi connectivity index (χ1n) is 11.2. The summed E-state index contributed by atoms with van der Waals surface area (Å²) in [7, 11) is 0. The number of nitrogen functional groups attached to an aromatic ring is 1. The number of hydrogen-bond acceptors (Lipinski definition) is 7. The normalized spacial score (nSPS) is 18.1. The van der Waals surface area contributed by atoms with Gasteiger partial charge in [-0.15, -0.1) is 21.5 Å². The van der Waals surface area contributed by atoms with Crippen LogP contribution in [0.3, 0.4) is 0 Å². The number of carbonyl (C=O) groups excluding carboxylic acids is 1. The topological polar surface area (TPSA) is 98.7 Å². The average Bonchev–Trinajstić information content (AvgIpc) is 3.52. The molecule has 3 N–H and O–H groups in total. The van der Waals surface area contributed by atoms with Gasteiger partial charge >= 0.3 is 0 Å². The van der Waals surface area contributed by atoms with Crippen molar-refractivity contribution in [2.45, 2.75) is 75.0 Å². The molecule has 9 heteroatoms. The molecule has 5 rings (SSSR count). The number of fused-ring (bicyclic) bond motifs is 1. The Hall–Kier alpha value is -2.13. The smallest absolute Gasteiger partial charge is 0.230 e. The zero-order chi connectivity index (χ0) is 21.2. The highest BCUT2D eigenvalue weighted by Gasteiger charge is 2.27. The summed E-state index contributed by atoms with van der Waals surface area (Å²) in [6, 6.07) is 4.59. The van der Waals surface area contributed by atoms with Crippen LogP contribution in [0.5, 0.6) is 0 Å². The van der Waals surface area contributed by atoms with E-state index in [2.05, 4.69) is 25.1 Å². The molecule has 164 valence electrons. The molecule has 1 amide bonds. The Balaban J connectivity index is 1.43. The predicted molar refractivity (Wildman–Crippen MR) is 126 cm³/mol. The van der Waals surface area contributed by atoms with Gasteiger partial charge in [0.05, 0.1) is 16.3 Å². The van der Waals surface area contributed by atoms with Gasteiger partial charge in [-0.05, 0) is 37.8 Å². The Morgan fingerprint density at radius 3 is 2.71 bits per heavy atom. The van der Waals surface area contributed by atoms with E-state index in [-0.39, 0.29) is 5.91 Å². The lowest BCUT2D eigenvalue weighted by Gasteiger charge is -2.25. The van der Waals surface area contributed by atoms with Crippen LogP contribution < -0.4 is 11.1 Å². The van der Waals surface area contributed by atoms with Gasteiger partial charge in [-0.1, -0.05) is 43.9 Å². The maximum atomic E-state index is 12.5. The van der Waals surface area contributed by atoms with Crippen LogP contribution in [0, 0.1) is 0 Å². The van der Waals surface area contributed by atoms with E-state index in [1.807, 2.05) is 12.1 Å². The van der Waals surface area contributed by atoms with Crippen molar-refractivity contribution in [2.75, 3.05) is 11.5 Å². The molecule has 31 heavy (non-hydrogen) atoms. The summed E-state index contributed by atoms with van der Waals surface area (Å²) >= 11 is 3.05. The molecule has 3 aromatic rings. The maximum Gasteiger partial charge on any atom is 0.230 e. The largest absolute Gasteiger partial charge is 0.397 e. The van der Waals surface area contributed by atoms with Crippen LogP contribution in [-0.2, 0) is 4.79 Å². The maximum absolute atomic E-state index is 12.5. The second-order valence-corrected chi connectivity index (χ2v) is 10.4. The molecule has 0 saturated heterocycles. The minimum atomic E-state index is 0.0854. The first-order valence-corrected chi connectivity index (χ1v) is 13.0. The van der Waals surface area contributed by atoms with Gasteiger partial charge < -0.3 is 11.1 Å². The molecule has 2 fully saturated rings. The van der Waals surface area contributed by atoms with Gasteiger partial charge in [0.25, 0.3) is 0 Å². The molecule has 0 spiro atoms. The van der Waals surface area contributed by atoms with Crippen LogP contribution in [0.1, 0.15) is 63.8 Å². The van der Waals surface area contributed by atoms with E-state index in [9.17, 15) is 4.79 Å². The van der Waals surface area contributed by atoms with Crippen molar-refractivity contribution in [3.63, 3.8) is 0 Å². The lowest BCUT2D eigenvalue weighted by molar-refractivity contribution is -0.119. The number of thiophene rings is 1. The molecule has 0 aliphatic heterocycles. The van der Waals surface area contributed by atoms with Crippen molar-refractivity contribution in [1.29, 1.82) is 0 Å². The molecule has 0 unspecified atom stereocenters. The van der Waals surface area contributed by atoms with Gasteiger partial charge in [-0.2, -0.15) is 0 Å². The quantitative estimate of drug-likeness (QED) is 0.517. The van der Waals surface area contributed by atoms with Crippen molar-refractivity contribution < 1.29 is 4.79 Å². The second kappa shape index (κ2) is 9.16. The van der Waals surface area contributed by atoms with E-state index in [4.69, 9.17) is 5.73 Å². The third-order valence-electron chi connectivity index (χ3n) is 6.36. The molecule has 2 aliphatic carbocycles. The molecule has 0 radical (unpaired) electrons. The Morgan fingerprint density at radius 2 is 1.94 bits per heavy atom. The van der Waals surface area contributed by atoms with Gasteiger partial charge in [-0.3, -0.25) is 9.36 Å². The van der Waals surface area contributed by atoms with Crippen molar-refractivity contribution in [2.24, 2.45) is 0 Å². The van der Waals surface area contributed by atoms with Crippen molar-refractivity contribution in [1.82, 2.24) is 25.1 Å². The fraction of sp³-hybridized carbons (Fsp3) is 0.545. The van der Waals surface area contributed by atoms with Crippen LogP contribution in [0.4, 0.5) is 5.69 Å². The Kier molecular flexibility index (Phi) is 6.13. The molecular formula is C22H28N6OS2. The van der Waals surface area contributed by atoms with Crippen molar-refractivity contribution in [3.05, 3.63) is 18.3 Å². The summed E-state index contributed by atoms with van der Waals surface area (Å²) in [6.07, 6.45) is 12.3. The lowest BCUT2D eigenvalue weighted by Crippen LogP contribution is -2.33. The zero-order valence-electron chi connectivity index (χ0n) is 17.5. The number of rotatable bonds is 6. The Morgan fingerprint density at radius 1 is 1.16 bits per heavy atom. The number of amides is 1. The van der Waals surface area contributed by atoms with Gasteiger partial charge in [0, 0.05) is 23.7 Å². The first kappa shape index (κ1) is 20.8. The number of hydrogen-bond donors (Lipinski definition) is 2. The summed E-state index contributed by atoms with van der Waals surface area (Å²) in [5.74, 6) is 1.26. The number of anilines is 1. The number of pyridine rings is 1. The van der Waals surface area contributed by atoms with Gasteiger partial charge in [0.1, 0.15) is 4.83 Å². The Labute approximate surface area is 190 Å². The molecule has 0 atom stereocenters. The lowest BCUT2D eigenvalue weighted by atomic mass is 9.95. The van der Waals surface area contributed by atoms with Crippen LogP contribution in [-0.4, -0.2) is 37.5 Å². The van der Waals surface area contributed by atoms with Crippen molar-refractivity contribution in [3.8, 4) is 10.7 Å². The fourth-order valence-corrected chi connectivity index (χ4v) is 6.65. The van der Waals surface area contributed by atoms with E-state index in [0.29, 0.717) is 23.5 Å². The minimum Gasteiger partial charge on any atom is -0.397 e. The molecule has 3 aromatic heterocycles. The summed E-state index contributed by atoms with van der Waals surface area (Å²) in [6.45, 7) is 0. The average molecular weight is 457 g/mol. The fourth-order valence-electron chi connectivity index (χ4n) is 4.79. The van der Waals surface area contributed by atoms with Gasteiger partial charge in [0.2, 0.25) is 5.91 Å². The number of thioether (sulfide) groups is 1. The van der Waals surface area contributed by atoms with Gasteiger partial charge in [-0.25, -0.2) is 4.98 Å². The molecule has 2 saturated carbocycles. The first-order chi connectivity index (χ1) is 15.2. The highest BCUT2D eigenvalue weighted by atomic mass is 32.2. The van der Waals surface area contributed by atoms with Crippen LogP contribution in [0.15, 0.2) is 23.5 Å². The summed E-state index contributed by atoms with van der Waals surface area (Å²) in [4.78, 5) is 18.8. The van der Waals surface area contributed by atoms with E-state index in [1.54, 1.807) is 17.5 Å². The molecule has 3 heterocycles. The van der Waals surface area contributed by atoms with Crippen LogP contribution >= 0.6 is 23.1 Å². The SMILES string of the molecule is Nc1c(-c2nnc(SCC(=O)NC3CCCC3)n2C2CCCCC2)sc2ncccc12. The summed E-state index contributed by atoms with van der Waals surface area (Å²) in [5, 5.41) is 14.0. The molecule has 7 nitrogen and oxygen atoms in total. The highest BCUT2D eigenvalue weighted by Crippen LogP contribution is 2.42. The van der Waals surface area contributed by atoms with E-state index >= 15 is 0 Å². The zero-order valence-corrected chi connectivity index (χ0v) is 19.2. The molecule has 0 bridgehead atoms. The predicted octanol–water partition coefficient (Wildman–Crippen LogP) is 4.79. The van der Waals surface area contributed by atoms with E-state index in [1.165, 1.54) is 43.9 Å². The van der Waals surface area contributed by atoms with Crippen LogP contribution in [0.25, 0.3) is 20.9 Å². The van der Waals surface area contributed by atoms with Gasteiger partial charge in [0.15, 0.2) is 11.0 Å². The van der Waals surface area contributed by atoms with E-state index < -0.39 is 0 Å². The number of nitrogens with zero attached hydrogens (tertiary/aromatic N) is 4. The second-order valence-electron chi connectivity index (χ2n) is 8.51. The van der Waals surface area contributed by atoms with Crippen molar-refractivity contribution >= 4 is 44.9 Å².